The van der Waals surface area contributed by atoms with Crippen LogP contribution in [0.2, 0.25) is 0 Å². The molecule has 6 heteroatoms. The molecule has 1 aliphatic heterocycles. The zero-order chi connectivity index (χ0) is 19.2. The van der Waals surface area contributed by atoms with Crippen molar-refractivity contribution in [3.05, 3.63) is 59.2 Å². The first-order valence-corrected chi connectivity index (χ1v) is 8.99. The molecule has 0 unspecified atom stereocenters. The molecule has 1 heterocycles. The van der Waals surface area contributed by atoms with Gasteiger partial charge in [0.1, 0.15) is 5.75 Å². The molecule has 6 nitrogen and oxygen atoms in total. The second kappa shape index (κ2) is 8.68. The number of hydrogen-bond acceptors (Lipinski definition) is 4. The average Bonchev–Trinajstić information content (AvgIpc) is 2.69. The number of ether oxygens (including phenoxy) is 2. The van der Waals surface area contributed by atoms with Crippen molar-refractivity contribution >= 4 is 17.6 Å². The Morgan fingerprint density at radius 1 is 1.11 bits per heavy atom. The second-order valence-electron chi connectivity index (χ2n) is 6.68. The van der Waals surface area contributed by atoms with E-state index in [9.17, 15) is 9.59 Å². The summed E-state index contributed by atoms with van der Waals surface area (Å²) in [6.07, 6.45) is 2.00. The second-order valence-corrected chi connectivity index (χ2v) is 6.68. The fourth-order valence-corrected chi connectivity index (χ4v) is 2.92. The van der Waals surface area contributed by atoms with Gasteiger partial charge < -0.3 is 19.9 Å². The first-order valence-electron chi connectivity index (χ1n) is 8.99. The van der Waals surface area contributed by atoms with Crippen molar-refractivity contribution in [2.24, 2.45) is 5.92 Å². The molecule has 27 heavy (non-hydrogen) atoms. The number of anilines is 1. The monoisotopic (exact) mass is 369 g/mol. The summed E-state index contributed by atoms with van der Waals surface area (Å²) in [5.41, 5.74) is 2.18. The van der Waals surface area contributed by atoms with Gasteiger partial charge in [0.05, 0.1) is 12.2 Å². The van der Waals surface area contributed by atoms with Crippen LogP contribution < -0.4 is 10.1 Å². The van der Waals surface area contributed by atoms with Gasteiger partial charge in [-0.15, -0.1) is 0 Å². The topological polar surface area (TPSA) is 84.9 Å². The van der Waals surface area contributed by atoms with E-state index in [-0.39, 0.29) is 11.5 Å². The highest BCUT2D eigenvalue weighted by Crippen LogP contribution is 2.25. The summed E-state index contributed by atoms with van der Waals surface area (Å²) < 4.78 is 11.3. The van der Waals surface area contributed by atoms with Crippen LogP contribution in [0.25, 0.3) is 0 Å². The van der Waals surface area contributed by atoms with Crippen LogP contribution in [0.3, 0.4) is 0 Å². The Morgan fingerprint density at radius 2 is 1.78 bits per heavy atom. The predicted octanol–water partition coefficient (Wildman–Crippen LogP) is 3.75. The number of aromatic carboxylic acids is 1. The van der Waals surface area contributed by atoms with Gasteiger partial charge in [0.15, 0.2) is 0 Å². The van der Waals surface area contributed by atoms with Crippen LogP contribution in [-0.2, 0) is 4.74 Å². The highest BCUT2D eigenvalue weighted by atomic mass is 16.5. The normalized spacial score (nSPS) is 14.6. The van der Waals surface area contributed by atoms with Crippen LogP contribution >= 0.6 is 0 Å². The highest BCUT2D eigenvalue weighted by Gasteiger charge is 2.15. The number of rotatable bonds is 6. The van der Waals surface area contributed by atoms with Crippen molar-refractivity contribution in [1.29, 1.82) is 0 Å². The van der Waals surface area contributed by atoms with E-state index in [4.69, 9.17) is 14.6 Å². The number of carbonyl (C=O) groups is 2. The molecule has 142 valence electrons. The van der Waals surface area contributed by atoms with E-state index in [2.05, 4.69) is 5.32 Å². The lowest BCUT2D eigenvalue weighted by atomic mass is 10.0. The number of carboxylic acid groups (broad SMARTS) is 1. The van der Waals surface area contributed by atoms with Gasteiger partial charge >= 0.3 is 5.97 Å². The third-order valence-electron chi connectivity index (χ3n) is 4.66. The summed E-state index contributed by atoms with van der Waals surface area (Å²) in [6, 6.07) is 11.4. The molecule has 1 aliphatic rings. The molecular weight excluding hydrogens is 346 g/mol. The predicted molar refractivity (Wildman–Crippen MR) is 102 cm³/mol. The smallest absolute Gasteiger partial charge is 0.335 e. The number of carbonyl (C=O) groups excluding carboxylic acids is 1. The molecule has 1 amide bonds. The Morgan fingerprint density at radius 3 is 2.44 bits per heavy atom. The minimum Gasteiger partial charge on any atom is -0.493 e. The van der Waals surface area contributed by atoms with Gasteiger partial charge in [-0.1, -0.05) is 6.07 Å². The Bertz CT molecular complexity index is 810. The van der Waals surface area contributed by atoms with E-state index in [0.29, 0.717) is 23.8 Å². The number of benzene rings is 2. The molecule has 0 aliphatic carbocycles. The summed E-state index contributed by atoms with van der Waals surface area (Å²) in [7, 11) is 0. The molecular formula is C21H23NO5. The van der Waals surface area contributed by atoms with E-state index >= 15 is 0 Å². The Hall–Kier alpha value is -2.86. The van der Waals surface area contributed by atoms with Crippen molar-refractivity contribution in [2.45, 2.75) is 19.8 Å². The largest absolute Gasteiger partial charge is 0.493 e. The van der Waals surface area contributed by atoms with Crippen molar-refractivity contribution in [1.82, 2.24) is 0 Å². The molecule has 0 bridgehead atoms. The number of amides is 1. The van der Waals surface area contributed by atoms with Crippen molar-refractivity contribution in [3.63, 3.8) is 0 Å². The number of carboxylic acids is 1. The molecule has 1 fully saturated rings. The Kier molecular flexibility index (Phi) is 6.08. The minimum absolute atomic E-state index is 0.144. The molecule has 1 saturated heterocycles. The molecule has 2 N–H and O–H groups in total. The van der Waals surface area contributed by atoms with Gasteiger partial charge in [-0.05, 0) is 61.6 Å². The summed E-state index contributed by atoms with van der Waals surface area (Å²) in [5.74, 6) is -0.0809. The van der Waals surface area contributed by atoms with E-state index in [1.54, 1.807) is 0 Å². The molecule has 3 rings (SSSR count). The summed E-state index contributed by atoms with van der Waals surface area (Å²) >= 11 is 0. The first-order chi connectivity index (χ1) is 13.0. The Labute approximate surface area is 158 Å². The lowest BCUT2D eigenvalue weighted by Crippen LogP contribution is -2.21. The van der Waals surface area contributed by atoms with Crippen LogP contribution in [-0.4, -0.2) is 36.8 Å². The fraction of sp³-hybridized carbons (Fsp3) is 0.333. The van der Waals surface area contributed by atoms with Crippen molar-refractivity contribution in [3.8, 4) is 5.75 Å². The van der Waals surface area contributed by atoms with Gasteiger partial charge in [0.2, 0.25) is 0 Å². The maximum absolute atomic E-state index is 12.4. The van der Waals surface area contributed by atoms with Crippen LogP contribution in [0.4, 0.5) is 5.69 Å². The highest BCUT2D eigenvalue weighted by molar-refractivity contribution is 6.04. The zero-order valence-corrected chi connectivity index (χ0v) is 15.2. The molecule has 0 atom stereocenters. The third-order valence-corrected chi connectivity index (χ3v) is 4.66. The SMILES string of the molecule is Cc1ccc(NC(=O)c2ccc(C(=O)O)cc2)cc1OCC1CCOCC1. The zero-order valence-electron chi connectivity index (χ0n) is 15.2. The maximum atomic E-state index is 12.4. The molecule has 0 aromatic heterocycles. The number of aryl methyl sites for hydroxylation is 1. The average molecular weight is 369 g/mol. The quantitative estimate of drug-likeness (QED) is 0.810. The van der Waals surface area contributed by atoms with Gasteiger partial charge in [-0.3, -0.25) is 4.79 Å². The van der Waals surface area contributed by atoms with Crippen LogP contribution in [0, 0.1) is 12.8 Å². The number of nitrogens with one attached hydrogen (secondary N) is 1. The van der Waals surface area contributed by atoms with Gasteiger partial charge in [0.25, 0.3) is 5.91 Å². The van der Waals surface area contributed by atoms with Gasteiger partial charge in [0, 0.05) is 30.5 Å². The molecule has 2 aromatic rings. The summed E-state index contributed by atoms with van der Waals surface area (Å²) in [5, 5.41) is 11.8. The lowest BCUT2D eigenvalue weighted by molar-refractivity contribution is 0.0496. The number of hydrogen-bond donors (Lipinski definition) is 2. The lowest BCUT2D eigenvalue weighted by Gasteiger charge is -2.22. The first kappa shape index (κ1) is 18.9. The van der Waals surface area contributed by atoms with Crippen molar-refractivity contribution < 1.29 is 24.2 Å². The molecule has 0 spiro atoms. The maximum Gasteiger partial charge on any atom is 0.335 e. The Balaban J connectivity index is 1.64. The van der Waals surface area contributed by atoms with Crippen LogP contribution in [0.15, 0.2) is 42.5 Å². The summed E-state index contributed by atoms with van der Waals surface area (Å²) in [6.45, 7) is 4.17. The van der Waals surface area contributed by atoms with E-state index in [1.807, 2.05) is 25.1 Å². The fourth-order valence-electron chi connectivity index (χ4n) is 2.92. The minimum atomic E-state index is -1.02. The van der Waals surface area contributed by atoms with Crippen LogP contribution in [0.5, 0.6) is 5.75 Å². The standard InChI is InChI=1S/C21H23NO5/c1-14-2-7-18(12-19(14)27-13-15-8-10-26-11-9-15)22-20(23)16-3-5-17(6-4-16)21(24)25/h2-7,12,15H,8-11,13H2,1H3,(H,22,23)(H,24,25). The molecule has 0 radical (unpaired) electrons. The van der Waals surface area contributed by atoms with E-state index < -0.39 is 5.97 Å². The van der Waals surface area contributed by atoms with E-state index in [0.717, 1.165) is 37.4 Å². The van der Waals surface area contributed by atoms with Gasteiger partial charge in [-0.25, -0.2) is 4.79 Å². The van der Waals surface area contributed by atoms with E-state index in [1.165, 1.54) is 24.3 Å². The third kappa shape index (κ3) is 5.08. The molecule has 0 saturated carbocycles. The van der Waals surface area contributed by atoms with Crippen molar-refractivity contribution in [2.75, 3.05) is 25.1 Å². The van der Waals surface area contributed by atoms with Gasteiger partial charge in [-0.2, -0.15) is 0 Å². The molecule has 2 aromatic carbocycles. The van der Waals surface area contributed by atoms with Crippen LogP contribution in [0.1, 0.15) is 39.1 Å². The summed E-state index contributed by atoms with van der Waals surface area (Å²) in [4.78, 5) is 23.3.